The van der Waals surface area contributed by atoms with Crippen LogP contribution in [-0.2, 0) is 9.05 Å². The molecule has 0 spiro atoms. The van der Waals surface area contributed by atoms with Crippen molar-refractivity contribution in [2.24, 2.45) is 0 Å². The van der Waals surface area contributed by atoms with Crippen LogP contribution >= 0.6 is 10.7 Å². The van der Waals surface area contributed by atoms with Gasteiger partial charge in [0.05, 0.1) is 6.04 Å². The molecule has 15 heavy (non-hydrogen) atoms. The molecule has 3 nitrogen and oxygen atoms in total. The molecule has 1 rings (SSSR count). The first-order chi connectivity index (χ1) is 6.90. The minimum atomic E-state index is -3.69. The summed E-state index contributed by atoms with van der Waals surface area (Å²) in [6.45, 7) is 5.17. The SMILES string of the molecule is CC(C)N1CCCCC1C#CS(=O)(=O)Cl. The molecule has 0 radical (unpaired) electrons. The lowest BCUT2D eigenvalue weighted by Gasteiger charge is -2.35. The maximum absolute atomic E-state index is 10.7. The molecule has 0 bridgehead atoms. The van der Waals surface area contributed by atoms with Gasteiger partial charge in [-0.3, -0.25) is 4.90 Å². The van der Waals surface area contributed by atoms with Crippen molar-refractivity contribution < 1.29 is 8.42 Å². The Bertz CT molecular complexity index is 367. The Balaban J connectivity index is 2.76. The summed E-state index contributed by atoms with van der Waals surface area (Å²) < 4.78 is 21.4. The fraction of sp³-hybridized carbons (Fsp3) is 0.800. The highest BCUT2D eigenvalue weighted by Gasteiger charge is 2.22. The second-order valence-corrected chi connectivity index (χ2v) is 6.33. The number of nitrogens with zero attached hydrogens (tertiary/aromatic N) is 1. The van der Waals surface area contributed by atoms with E-state index in [4.69, 9.17) is 10.7 Å². The maximum atomic E-state index is 10.7. The van der Waals surface area contributed by atoms with E-state index in [0.29, 0.717) is 6.04 Å². The van der Waals surface area contributed by atoms with E-state index in [2.05, 4.69) is 29.9 Å². The number of hydrogen-bond donors (Lipinski definition) is 0. The van der Waals surface area contributed by atoms with Crippen molar-refractivity contribution in [3.63, 3.8) is 0 Å². The summed E-state index contributed by atoms with van der Waals surface area (Å²) in [5.41, 5.74) is 0. The number of halogens is 1. The quantitative estimate of drug-likeness (QED) is 0.525. The van der Waals surface area contributed by atoms with Crippen molar-refractivity contribution in [2.45, 2.75) is 45.2 Å². The fourth-order valence-corrected chi connectivity index (χ4v) is 2.28. The Morgan fingerprint density at radius 1 is 1.40 bits per heavy atom. The van der Waals surface area contributed by atoms with Crippen LogP contribution in [0.2, 0.25) is 0 Å². The lowest BCUT2D eigenvalue weighted by molar-refractivity contribution is 0.146. The Morgan fingerprint density at radius 2 is 2.07 bits per heavy atom. The van der Waals surface area contributed by atoms with Gasteiger partial charge in [-0.15, -0.1) is 0 Å². The Hall–Kier alpha value is -0.240. The topological polar surface area (TPSA) is 37.4 Å². The number of rotatable bonds is 1. The molecule has 1 saturated heterocycles. The van der Waals surface area contributed by atoms with Crippen molar-refractivity contribution in [3.8, 4) is 11.2 Å². The zero-order valence-corrected chi connectivity index (χ0v) is 10.6. The molecule has 5 heteroatoms. The minimum absolute atomic E-state index is 0.0345. The molecule has 1 atom stereocenters. The van der Waals surface area contributed by atoms with E-state index in [-0.39, 0.29) is 6.04 Å². The number of likely N-dealkylation sites (tertiary alicyclic amines) is 1. The molecule has 1 aliphatic rings. The van der Waals surface area contributed by atoms with E-state index in [9.17, 15) is 8.42 Å². The van der Waals surface area contributed by atoms with Crippen molar-refractivity contribution in [2.75, 3.05) is 6.54 Å². The van der Waals surface area contributed by atoms with Crippen molar-refractivity contribution >= 4 is 19.7 Å². The van der Waals surface area contributed by atoms with Crippen LogP contribution in [-0.4, -0.2) is 31.9 Å². The molecular weight excluding hydrogens is 234 g/mol. The Morgan fingerprint density at radius 3 is 2.60 bits per heavy atom. The fourth-order valence-electron chi connectivity index (χ4n) is 1.87. The highest BCUT2D eigenvalue weighted by atomic mass is 35.7. The van der Waals surface area contributed by atoms with Gasteiger partial charge in [0.1, 0.15) is 0 Å². The molecule has 1 fully saturated rings. The predicted molar refractivity (Wildman–Crippen MR) is 62.0 cm³/mol. The highest BCUT2D eigenvalue weighted by molar-refractivity contribution is 8.17. The normalized spacial score (nSPS) is 23.6. The molecule has 0 aromatic heterocycles. The van der Waals surface area contributed by atoms with E-state index in [1.54, 1.807) is 0 Å². The van der Waals surface area contributed by atoms with Gasteiger partial charge in [0.15, 0.2) is 0 Å². The van der Waals surface area contributed by atoms with Crippen LogP contribution in [0, 0.1) is 11.2 Å². The summed E-state index contributed by atoms with van der Waals surface area (Å²) in [6, 6.07) is 0.426. The lowest BCUT2D eigenvalue weighted by atomic mass is 10.0. The molecule has 1 heterocycles. The molecule has 0 aromatic carbocycles. The van der Waals surface area contributed by atoms with Gasteiger partial charge in [-0.1, -0.05) is 5.92 Å². The molecule has 1 unspecified atom stereocenters. The van der Waals surface area contributed by atoms with Gasteiger partial charge in [-0.25, -0.2) is 0 Å². The standard InChI is InChI=1S/C10H16ClNO2S/c1-9(2)12-7-4-3-5-10(12)6-8-15(11,13)14/h9-10H,3-5,7H2,1-2H3. The third kappa shape index (κ3) is 4.42. The zero-order valence-electron chi connectivity index (χ0n) is 9.03. The van der Waals surface area contributed by atoms with E-state index in [0.717, 1.165) is 25.8 Å². The Kier molecular flexibility index (Phi) is 4.45. The first-order valence-corrected chi connectivity index (χ1v) is 7.44. The van der Waals surface area contributed by atoms with Crippen molar-refractivity contribution in [1.82, 2.24) is 4.90 Å². The molecule has 0 N–H and O–H groups in total. The van der Waals surface area contributed by atoms with E-state index >= 15 is 0 Å². The summed E-state index contributed by atoms with van der Waals surface area (Å²) in [5, 5.41) is 2.12. The van der Waals surface area contributed by atoms with Crippen LogP contribution in [0.25, 0.3) is 0 Å². The van der Waals surface area contributed by atoms with E-state index < -0.39 is 9.05 Å². The molecule has 0 saturated carbocycles. The predicted octanol–water partition coefficient (Wildman–Crippen LogP) is 1.78. The molecule has 86 valence electrons. The average Bonchev–Trinajstić information content (AvgIpc) is 2.14. The molecular formula is C10H16ClNO2S. The smallest absolute Gasteiger partial charge is 0.287 e. The number of piperidine rings is 1. The second kappa shape index (κ2) is 5.20. The van der Waals surface area contributed by atoms with Gasteiger partial charge in [-0.05, 0) is 39.7 Å². The van der Waals surface area contributed by atoms with Crippen LogP contribution in [0.15, 0.2) is 0 Å². The first kappa shape index (κ1) is 12.8. The summed E-state index contributed by atoms with van der Waals surface area (Å²) in [5.74, 6) is 2.75. The van der Waals surface area contributed by atoms with Crippen LogP contribution in [0.1, 0.15) is 33.1 Å². The molecule has 0 aliphatic carbocycles. The van der Waals surface area contributed by atoms with Gasteiger partial charge >= 0.3 is 9.05 Å². The lowest BCUT2D eigenvalue weighted by Crippen LogP contribution is -2.43. The third-order valence-corrected chi connectivity index (χ3v) is 3.15. The molecule has 1 aliphatic heterocycles. The van der Waals surface area contributed by atoms with Gasteiger partial charge in [-0.2, -0.15) is 8.42 Å². The second-order valence-electron chi connectivity index (χ2n) is 4.03. The monoisotopic (exact) mass is 249 g/mol. The minimum Gasteiger partial charge on any atom is -0.287 e. The third-order valence-electron chi connectivity index (χ3n) is 2.55. The van der Waals surface area contributed by atoms with Gasteiger partial charge in [0, 0.05) is 22.0 Å². The van der Waals surface area contributed by atoms with Crippen LogP contribution in [0.5, 0.6) is 0 Å². The zero-order chi connectivity index (χ0) is 11.5. The average molecular weight is 250 g/mol. The summed E-state index contributed by atoms with van der Waals surface area (Å²) in [6.07, 6.45) is 3.19. The van der Waals surface area contributed by atoms with Gasteiger partial charge in [0.25, 0.3) is 0 Å². The summed E-state index contributed by atoms with van der Waals surface area (Å²) in [7, 11) is 1.37. The van der Waals surface area contributed by atoms with Crippen LogP contribution in [0.4, 0.5) is 0 Å². The summed E-state index contributed by atoms with van der Waals surface area (Å²) in [4.78, 5) is 2.22. The molecule has 0 amide bonds. The van der Waals surface area contributed by atoms with Crippen molar-refractivity contribution in [3.05, 3.63) is 0 Å². The van der Waals surface area contributed by atoms with Crippen molar-refractivity contribution in [1.29, 1.82) is 0 Å². The van der Waals surface area contributed by atoms with Crippen LogP contribution < -0.4 is 0 Å². The number of hydrogen-bond acceptors (Lipinski definition) is 3. The van der Waals surface area contributed by atoms with E-state index in [1.165, 1.54) is 0 Å². The first-order valence-electron chi connectivity index (χ1n) is 5.13. The van der Waals surface area contributed by atoms with Gasteiger partial charge in [0.2, 0.25) is 0 Å². The van der Waals surface area contributed by atoms with Gasteiger partial charge < -0.3 is 0 Å². The Labute approximate surface area is 96.2 Å². The highest BCUT2D eigenvalue weighted by Crippen LogP contribution is 2.18. The largest absolute Gasteiger partial charge is 0.300 e. The maximum Gasteiger partial charge on any atom is 0.300 e. The molecule has 0 aromatic rings. The summed E-state index contributed by atoms with van der Waals surface area (Å²) >= 11 is 0. The van der Waals surface area contributed by atoms with Crippen LogP contribution in [0.3, 0.4) is 0 Å². The van der Waals surface area contributed by atoms with E-state index in [1.807, 2.05) is 0 Å².